The van der Waals surface area contributed by atoms with E-state index in [-0.39, 0.29) is 5.91 Å². The van der Waals surface area contributed by atoms with Gasteiger partial charge in [-0.3, -0.25) is 4.79 Å². The van der Waals surface area contributed by atoms with Crippen molar-refractivity contribution in [3.05, 3.63) is 33.8 Å². The van der Waals surface area contributed by atoms with Gasteiger partial charge in [-0.05, 0) is 31.0 Å². The van der Waals surface area contributed by atoms with E-state index < -0.39 is 0 Å². The summed E-state index contributed by atoms with van der Waals surface area (Å²) in [7, 11) is 1.86. The number of rotatable bonds is 4. The number of unbranched alkanes of at least 4 members (excludes halogenated alkanes) is 1. The van der Waals surface area contributed by atoms with E-state index >= 15 is 0 Å². The lowest BCUT2D eigenvalue weighted by atomic mass is 10.1. The number of nitrogens with zero attached hydrogens (tertiary/aromatic N) is 1. The summed E-state index contributed by atoms with van der Waals surface area (Å²) < 4.78 is 0.988. The highest BCUT2D eigenvalue weighted by atomic mass is 79.9. The lowest BCUT2D eigenvalue weighted by Crippen LogP contribution is -2.28. The van der Waals surface area contributed by atoms with Crippen molar-refractivity contribution in [2.75, 3.05) is 13.6 Å². The summed E-state index contributed by atoms with van der Waals surface area (Å²) in [4.78, 5) is 13.9. The third-order valence-corrected chi connectivity index (χ3v) is 3.55. The van der Waals surface area contributed by atoms with Crippen LogP contribution in [-0.2, 0) is 0 Å². The van der Waals surface area contributed by atoms with Gasteiger partial charge in [0, 0.05) is 23.6 Å². The molecule has 0 aliphatic rings. The third-order valence-electron chi connectivity index (χ3n) is 2.69. The highest BCUT2D eigenvalue weighted by Gasteiger charge is 2.14. The van der Waals surface area contributed by atoms with E-state index in [1.165, 1.54) is 0 Å². The Labute approximate surface area is 106 Å². The van der Waals surface area contributed by atoms with Gasteiger partial charge in [-0.25, -0.2) is 0 Å². The molecule has 16 heavy (non-hydrogen) atoms. The fourth-order valence-corrected chi connectivity index (χ4v) is 1.91. The predicted molar refractivity (Wildman–Crippen MR) is 70.7 cm³/mol. The summed E-state index contributed by atoms with van der Waals surface area (Å²) in [5.41, 5.74) is 1.80. The molecule has 0 unspecified atom stereocenters. The predicted octanol–water partition coefficient (Wildman–Crippen LogP) is 3.63. The average Bonchev–Trinajstić information content (AvgIpc) is 2.28. The molecule has 1 rings (SSSR count). The van der Waals surface area contributed by atoms with Crippen LogP contribution in [0.15, 0.2) is 22.7 Å². The van der Waals surface area contributed by atoms with Crippen molar-refractivity contribution in [2.24, 2.45) is 0 Å². The first-order valence-electron chi connectivity index (χ1n) is 5.58. The van der Waals surface area contributed by atoms with Gasteiger partial charge in [0.25, 0.3) is 5.91 Å². The number of halogens is 1. The number of hydrogen-bond donors (Lipinski definition) is 0. The van der Waals surface area contributed by atoms with Crippen molar-refractivity contribution < 1.29 is 4.79 Å². The van der Waals surface area contributed by atoms with E-state index in [1.807, 2.05) is 32.2 Å². The maximum Gasteiger partial charge on any atom is 0.253 e. The Morgan fingerprint density at radius 1 is 1.44 bits per heavy atom. The maximum absolute atomic E-state index is 12.1. The fourth-order valence-electron chi connectivity index (χ4n) is 1.54. The number of carbonyl (C=O) groups excluding carboxylic acids is 1. The molecule has 2 nitrogen and oxygen atoms in total. The van der Waals surface area contributed by atoms with Crippen LogP contribution in [0, 0.1) is 6.92 Å². The molecule has 1 aromatic carbocycles. The Kier molecular flexibility index (Phi) is 5.00. The van der Waals surface area contributed by atoms with Crippen molar-refractivity contribution in [1.29, 1.82) is 0 Å². The summed E-state index contributed by atoms with van der Waals surface area (Å²) in [5, 5.41) is 0. The van der Waals surface area contributed by atoms with Crippen molar-refractivity contribution in [2.45, 2.75) is 26.7 Å². The zero-order valence-corrected chi connectivity index (χ0v) is 11.7. The number of carbonyl (C=O) groups is 1. The maximum atomic E-state index is 12.1. The van der Waals surface area contributed by atoms with Gasteiger partial charge >= 0.3 is 0 Å². The molecule has 88 valence electrons. The second-order valence-electron chi connectivity index (χ2n) is 3.99. The Hall–Kier alpha value is -0.830. The smallest absolute Gasteiger partial charge is 0.253 e. The second-order valence-corrected chi connectivity index (χ2v) is 4.85. The largest absolute Gasteiger partial charge is 0.342 e. The SMILES string of the molecule is CCCCN(C)C(=O)c1cccc(Br)c1C. The minimum Gasteiger partial charge on any atom is -0.342 e. The quantitative estimate of drug-likeness (QED) is 0.826. The van der Waals surface area contributed by atoms with Gasteiger partial charge < -0.3 is 4.90 Å². The van der Waals surface area contributed by atoms with Crippen LogP contribution >= 0.6 is 15.9 Å². The van der Waals surface area contributed by atoms with Crippen LogP contribution < -0.4 is 0 Å². The first kappa shape index (κ1) is 13.2. The Balaban J connectivity index is 2.84. The highest BCUT2D eigenvalue weighted by Crippen LogP contribution is 2.20. The second kappa shape index (κ2) is 6.04. The Morgan fingerprint density at radius 2 is 2.12 bits per heavy atom. The lowest BCUT2D eigenvalue weighted by molar-refractivity contribution is 0.0792. The van der Waals surface area contributed by atoms with Crippen LogP contribution in [0.25, 0.3) is 0 Å². The molecule has 0 aliphatic carbocycles. The van der Waals surface area contributed by atoms with Gasteiger partial charge in [0.15, 0.2) is 0 Å². The number of hydrogen-bond acceptors (Lipinski definition) is 1. The van der Waals surface area contributed by atoms with Gasteiger partial charge in [0.05, 0.1) is 0 Å². The topological polar surface area (TPSA) is 20.3 Å². The normalized spacial score (nSPS) is 10.2. The van der Waals surface area contributed by atoms with Crippen LogP contribution in [0.4, 0.5) is 0 Å². The Bertz CT molecular complexity index is 376. The molecule has 0 radical (unpaired) electrons. The molecule has 0 aliphatic heterocycles. The molecule has 0 spiro atoms. The van der Waals surface area contributed by atoms with Crippen LogP contribution in [-0.4, -0.2) is 24.4 Å². The van der Waals surface area contributed by atoms with E-state index in [0.717, 1.165) is 35.0 Å². The van der Waals surface area contributed by atoms with Crippen LogP contribution in [0.2, 0.25) is 0 Å². The first-order valence-corrected chi connectivity index (χ1v) is 6.37. The third kappa shape index (κ3) is 3.08. The molecule has 0 heterocycles. The van der Waals surface area contributed by atoms with Gasteiger partial charge in [-0.1, -0.05) is 35.3 Å². The molecular formula is C13H18BrNO. The van der Waals surface area contributed by atoms with E-state index in [0.29, 0.717) is 0 Å². The van der Waals surface area contributed by atoms with Crippen molar-refractivity contribution in [3.8, 4) is 0 Å². The number of amides is 1. The summed E-state index contributed by atoms with van der Waals surface area (Å²) in [6.45, 7) is 4.91. The first-order chi connectivity index (χ1) is 7.57. The zero-order chi connectivity index (χ0) is 12.1. The Morgan fingerprint density at radius 3 is 2.75 bits per heavy atom. The molecule has 0 fully saturated rings. The van der Waals surface area contributed by atoms with Gasteiger partial charge in [0.1, 0.15) is 0 Å². The molecule has 1 amide bonds. The molecule has 0 atom stereocenters. The molecule has 0 bridgehead atoms. The molecule has 0 saturated heterocycles. The molecule has 0 saturated carbocycles. The lowest BCUT2D eigenvalue weighted by Gasteiger charge is -2.18. The van der Waals surface area contributed by atoms with Gasteiger partial charge in [-0.2, -0.15) is 0 Å². The summed E-state index contributed by atoms with van der Waals surface area (Å²) in [6, 6.07) is 5.74. The van der Waals surface area contributed by atoms with E-state index in [1.54, 1.807) is 4.90 Å². The average molecular weight is 284 g/mol. The molecule has 1 aromatic rings. The molecule has 0 N–H and O–H groups in total. The minimum absolute atomic E-state index is 0.104. The minimum atomic E-state index is 0.104. The molecular weight excluding hydrogens is 266 g/mol. The zero-order valence-electron chi connectivity index (χ0n) is 10.1. The van der Waals surface area contributed by atoms with E-state index in [4.69, 9.17) is 0 Å². The summed E-state index contributed by atoms with van der Waals surface area (Å²) in [6.07, 6.45) is 2.16. The van der Waals surface area contributed by atoms with Crippen molar-refractivity contribution in [1.82, 2.24) is 4.90 Å². The molecule has 3 heteroatoms. The summed E-state index contributed by atoms with van der Waals surface area (Å²) >= 11 is 3.45. The standard InChI is InChI=1S/C13H18BrNO/c1-4-5-9-15(3)13(16)11-7-6-8-12(14)10(11)2/h6-8H,4-5,9H2,1-3H3. The fraction of sp³-hybridized carbons (Fsp3) is 0.462. The van der Waals surface area contributed by atoms with Gasteiger partial charge in [0.2, 0.25) is 0 Å². The van der Waals surface area contributed by atoms with Crippen molar-refractivity contribution in [3.63, 3.8) is 0 Å². The highest BCUT2D eigenvalue weighted by molar-refractivity contribution is 9.10. The van der Waals surface area contributed by atoms with E-state index in [9.17, 15) is 4.79 Å². The van der Waals surface area contributed by atoms with E-state index in [2.05, 4.69) is 22.9 Å². The summed E-state index contributed by atoms with van der Waals surface area (Å²) in [5.74, 6) is 0.104. The molecule has 0 aromatic heterocycles. The van der Waals surface area contributed by atoms with Gasteiger partial charge in [-0.15, -0.1) is 0 Å². The van der Waals surface area contributed by atoms with Crippen LogP contribution in [0.1, 0.15) is 35.7 Å². The van der Waals surface area contributed by atoms with Crippen LogP contribution in [0.3, 0.4) is 0 Å². The number of benzene rings is 1. The van der Waals surface area contributed by atoms with Crippen molar-refractivity contribution >= 4 is 21.8 Å². The van der Waals surface area contributed by atoms with Crippen LogP contribution in [0.5, 0.6) is 0 Å². The monoisotopic (exact) mass is 283 g/mol.